The van der Waals surface area contributed by atoms with E-state index in [1.165, 1.54) is 0 Å². The van der Waals surface area contributed by atoms with E-state index in [4.69, 9.17) is 22.9 Å². The summed E-state index contributed by atoms with van der Waals surface area (Å²) in [5, 5.41) is 0. The molecule has 8 N–H and O–H groups in total. The molecule has 0 heterocycles. The van der Waals surface area contributed by atoms with Gasteiger partial charge in [0.2, 0.25) is 0 Å². The summed E-state index contributed by atoms with van der Waals surface area (Å²) in [5.41, 5.74) is 20.5. The molecule has 0 spiro atoms. The number of aliphatic imine (C=N–C) groups is 2. The lowest BCUT2D eigenvalue weighted by Crippen LogP contribution is -2.28. The van der Waals surface area contributed by atoms with Gasteiger partial charge in [-0.3, -0.25) is 4.99 Å². The summed E-state index contributed by atoms with van der Waals surface area (Å²) >= 11 is 0. The van der Waals surface area contributed by atoms with Crippen LogP contribution in [0.25, 0.3) is 0 Å². The first-order valence-electron chi connectivity index (χ1n) is 3.64. The summed E-state index contributed by atoms with van der Waals surface area (Å²) in [5.74, 6) is -0.140. The highest BCUT2D eigenvalue weighted by Crippen LogP contribution is 1.95. The van der Waals surface area contributed by atoms with Crippen LogP contribution in [0.4, 0.5) is 0 Å². The summed E-state index contributed by atoms with van der Waals surface area (Å²) < 4.78 is 0. The van der Waals surface area contributed by atoms with Crippen LogP contribution in [0.3, 0.4) is 0 Å². The molecular weight excluding hydrogens is 172 g/mol. The van der Waals surface area contributed by atoms with Crippen molar-refractivity contribution in [1.82, 2.24) is 0 Å². The minimum Gasteiger partial charge on any atom is -0.370 e. The second kappa shape index (κ2) is 5.81. The second-order valence-corrected chi connectivity index (χ2v) is 2.38. The van der Waals surface area contributed by atoms with E-state index < -0.39 is 0 Å². The van der Waals surface area contributed by atoms with E-state index in [2.05, 4.69) is 9.98 Å². The zero-order chi connectivity index (χ0) is 10.3. The fraction of sp³-hybridized carbons (Fsp3) is 0.500. The van der Waals surface area contributed by atoms with Crippen molar-refractivity contribution >= 4 is 18.2 Å². The van der Waals surface area contributed by atoms with Crippen LogP contribution < -0.4 is 22.9 Å². The summed E-state index contributed by atoms with van der Waals surface area (Å²) in [6.07, 6.45) is 0.897. The Bertz CT molecular complexity index is 215. The predicted molar refractivity (Wildman–Crippen MR) is 51.0 cm³/mol. The highest BCUT2D eigenvalue weighted by atomic mass is 16.1. The SMILES string of the molecule is NC(N)=NCC(CC=O)N=C(N)N. The zero-order valence-electron chi connectivity index (χ0n) is 7.18. The fourth-order valence-electron chi connectivity index (χ4n) is 0.701. The van der Waals surface area contributed by atoms with Gasteiger partial charge in [0.05, 0.1) is 12.6 Å². The number of guanidine groups is 2. The second-order valence-electron chi connectivity index (χ2n) is 2.38. The maximum atomic E-state index is 10.2. The van der Waals surface area contributed by atoms with Gasteiger partial charge in [0.15, 0.2) is 11.9 Å². The van der Waals surface area contributed by atoms with Crippen LogP contribution in [-0.4, -0.2) is 30.8 Å². The van der Waals surface area contributed by atoms with E-state index in [1.54, 1.807) is 0 Å². The van der Waals surface area contributed by atoms with Crippen molar-refractivity contribution in [3.63, 3.8) is 0 Å². The van der Waals surface area contributed by atoms with E-state index >= 15 is 0 Å². The molecule has 0 aromatic heterocycles. The van der Waals surface area contributed by atoms with Crippen molar-refractivity contribution in [2.45, 2.75) is 12.5 Å². The maximum Gasteiger partial charge on any atom is 0.186 e. The van der Waals surface area contributed by atoms with Gasteiger partial charge in [-0.2, -0.15) is 0 Å². The molecule has 0 aliphatic carbocycles. The number of carbonyl (C=O) groups excluding carboxylic acids is 1. The standard InChI is InChI=1S/C6H14N6O/c7-5(8)11-3-4(1-2-13)12-6(9)10/h2,4H,1,3H2,(H4,7,8,11)(H4,9,10,12). The molecule has 1 unspecified atom stereocenters. The number of carbonyl (C=O) groups is 1. The van der Waals surface area contributed by atoms with Gasteiger partial charge < -0.3 is 27.7 Å². The highest BCUT2D eigenvalue weighted by molar-refractivity contribution is 5.77. The molecule has 13 heavy (non-hydrogen) atoms. The van der Waals surface area contributed by atoms with Crippen molar-refractivity contribution in [3.8, 4) is 0 Å². The molecule has 0 aliphatic heterocycles. The molecule has 0 radical (unpaired) electrons. The Hall–Kier alpha value is -1.79. The van der Waals surface area contributed by atoms with Crippen LogP contribution in [0, 0.1) is 0 Å². The van der Waals surface area contributed by atoms with Crippen molar-refractivity contribution in [2.75, 3.05) is 6.54 Å². The molecule has 0 aromatic rings. The van der Waals surface area contributed by atoms with Crippen LogP contribution in [0.15, 0.2) is 9.98 Å². The van der Waals surface area contributed by atoms with E-state index in [9.17, 15) is 4.79 Å². The predicted octanol–water partition coefficient (Wildman–Crippen LogP) is -2.51. The molecule has 0 saturated heterocycles. The van der Waals surface area contributed by atoms with Crippen LogP contribution in [0.2, 0.25) is 0 Å². The molecule has 74 valence electrons. The van der Waals surface area contributed by atoms with Gasteiger partial charge in [-0.05, 0) is 0 Å². The number of hydrogen-bond donors (Lipinski definition) is 4. The van der Waals surface area contributed by atoms with Crippen molar-refractivity contribution in [1.29, 1.82) is 0 Å². The third kappa shape index (κ3) is 6.60. The van der Waals surface area contributed by atoms with Gasteiger partial charge in [0.1, 0.15) is 6.29 Å². The molecule has 7 heteroatoms. The van der Waals surface area contributed by atoms with E-state index in [-0.39, 0.29) is 30.9 Å². The summed E-state index contributed by atoms with van der Waals surface area (Å²) in [7, 11) is 0. The van der Waals surface area contributed by atoms with Crippen LogP contribution >= 0.6 is 0 Å². The van der Waals surface area contributed by atoms with Gasteiger partial charge >= 0.3 is 0 Å². The molecule has 0 fully saturated rings. The average Bonchev–Trinajstić information content (AvgIpc) is 1.99. The van der Waals surface area contributed by atoms with Gasteiger partial charge in [0.25, 0.3) is 0 Å². The molecule has 0 saturated carbocycles. The van der Waals surface area contributed by atoms with Crippen molar-refractivity contribution in [2.24, 2.45) is 32.9 Å². The first-order valence-corrected chi connectivity index (χ1v) is 3.64. The molecule has 0 amide bonds. The first kappa shape index (κ1) is 11.2. The summed E-state index contributed by atoms with van der Waals surface area (Å²) in [4.78, 5) is 17.6. The monoisotopic (exact) mass is 186 g/mol. The normalized spacial score (nSPS) is 11.4. The molecule has 0 bridgehead atoms. The summed E-state index contributed by atoms with van der Waals surface area (Å²) in [6, 6.07) is -0.385. The van der Waals surface area contributed by atoms with E-state index in [1.807, 2.05) is 0 Å². The van der Waals surface area contributed by atoms with Crippen molar-refractivity contribution in [3.05, 3.63) is 0 Å². The molecular formula is C6H14N6O. The van der Waals surface area contributed by atoms with Gasteiger partial charge in [0, 0.05) is 6.42 Å². The van der Waals surface area contributed by atoms with Crippen LogP contribution in [0.1, 0.15) is 6.42 Å². The fourth-order valence-corrected chi connectivity index (χ4v) is 0.701. The third-order valence-corrected chi connectivity index (χ3v) is 1.18. The number of hydrogen-bond acceptors (Lipinski definition) is 3. The third-order valence-electron chi connectivity index (χ3n) is 1.18. The average molecular weight is 186 g/mol. The molecule has 0 rings (SSSR count). The Morgan fingerprint density at radius 2 is 1.85 bits per heavy atom. The Kier molecular flexibility index (Phi) is 5.01. The molecule has 0 aromatic carbocycles. The highest BCUT2D eigenvalue weighted by Gasteiger charge is 2.05. The van der Waals surface area contributed by atoms with E-state index in [0.717, 1.165) is 0 Å². The Balaban J connectivity index is 4.18. The van der Waals surface area contributed by atoms with Crippen LogP contribution in [0.5, 0.6) is 0 Å². The lowest BCUT2D eigenvalue weighted by molar-refractivity contribution is -0.108. The molecule has 1 atom stereocenters. The number of nitrogens with zero attached hydrogens (tertiary/aromatic N) is 2. The maximum absolute atomic E-state index is 10.2. The quantitative estimate of drug-likeness (QED) is 0.213. The van der Waals surface area contributed by atoms with Gasteiger partial charge in [-0.25, -0.2) is 4.99 Å². The van der Waals surface area contributed by atoms with Gasteiger partial charge in [-0.1, -0.05) is 0 Å². The first-order chi connectivity index (χ1) is 6.06. The number of rotatable bonds is 5. The van der Waals surface area contributed by atoms with Gasteiger partial charge in [-0.15, -0.1) is 0 Å². The molecule has 7 nitrogen and oxygen atoms in total. The Morgan fingerprint density at radius 3 is 2.23 bits per heavy atom. The Morgan fingerprint density at radius 1 is 1.23 bits per heavy atom. The Labute approximate surface area is 75.9 Å². The zero-order valence-corrected chi connectivity index (χ0v) is 7.18. The smallest absolute Gasteiger partial charge is 0.186 e. The molecule has 0 aliphatic rings. The van der Waals surface area contributed by atoms with Crippen molar-refractivity contribution < 1.29 is 4.79 Å². The lowest BCUT2D eigenvalue weighted by atomic mass is 10.2. The van der Waals surface area contributed by atoms with Crippen LogP contribution in [-0.2, 0) is 4.79 Å². The summed E-state index contributed by atoms with van der Waals surface area (Å²) in [6.45, 7) is 0.207. The minimum absolute atomic E-state index is 0.0540. The number of nitrogens with two attached hydrogens (primary N) is 4. The number of aldehydes is 1. The minimum atomic E-state index is -0.385. The largest absolute Gasteiger partial charge is 0.370 e. The topological polar surface area (TPSA) is 146 Å². The lowest BCUT2D eigenvalue weighted by Gasteiger charge is -2.05. The van der Waals surface area contributed by atoms with E-state index in [0.29, 0.717) is 6.29 Å².